The Kier molecular flexibility index (Phi) is 8.89. The van der Waals surface area contributed by atoms with Gasteiger partial charge in [0.05, 0.1) is 11.0 Å². The lowest BCUT2D eigenvalue weighted by Crippen LogP contribution is -2.10. The molecule has 0 atom stereocenters. The van der Waals surface area contributed by atoms with Crippen molar-refractivity contribution in [1.29, 1.82) is 0 Å². The zero-order valence-corrected chi connectivity index (χ0v) is 36.1. The highest BCUT2D eigenvalue weighted by Crippen LogP contribution is 2.44. The maximum absolute atomic E-state index is 2.45. The van der Waals surface area contributed by atoms with Crippen LogP contribution in [-0.4, -0.2) is 4.57 Å². The van der Waals surface area contributed by atoms with Crippen LogP contribution >= 0.6 is 0 Å². The summed E-state index contributed by atoms with van der Waals surface area (Å²) in [5.41, 5.74) is 14.0. The minimum absolute atomic E-state index is 1.09. The van der Waals surface area contributed by atoms with E-state index in [9.17, 15) is 0 Å². The van der Waals surface area contributed by atoms with Gasteiger partial charge in [-0.15, -0.1) is 0 Å². The molecule has 0 bridgehead atoms. The second kappa shape index (κ2) is 15.5. The fourth-order valence-corrected chi connectivity index (χ4v) is 10.5. The van der Waals surface area contributed by atoms with Gasteiger partial charge in [0.1, 0.15) is 0 Å². The van der Waals surface area contributed by atoms with E-state index in [-0.39, 0.29) is 0 Å². The van der Waals surface area contributed by atoms with Crippen molar-refractivity contribution in [3.63, 3.8) is 0 Å². The molecule has 0 amide bonds. The average molecular weight is 839 g/mol. The van der Waals surface area contributed by atoms with E-state index < -0.39 is 0 Å². The molecular formula is C64H42N2. The summed E-state index contributed by atoms with van der Waals surface area (Å²) in [4.78, 5) is 2.40. The minimum Gasteiger partial charge on any atom is -0.310 e. The Hall–Kier alpha value is -8.72. The molecule has 0 spiro atoms. The van der Waals surface area contributed by atoms with E-state index in [2.05, 4.69) is 264 Å². The van der Waals surface area contributed by atoms with E-state index in [1.807, 2.05) is 0 Å². The number of aromatic nitrogens is 1. The Labute approximate surface area is 383 Å². The first-order valence-corrected chi connectivity index (χ1v) is 22.8. The summed E-state index contributed by atoms with van der Waals surface area (Å²) in [6.45, 7) is 0. The van der Waals surface area contributed by atoms with Gasteiger partial charge in [-0.1, -0.05) is 194 Å². The lowest BCUT2D eigenvalue weighted by atomic mass is 9.93. The van der Waals surface area contributed by atoms with Crippen LogP contribution in [0.2, 0.25) is 0 Å². The second-order valence-corrected chi connectivity index (χ2v) is 17.3. The molecule has 308 valence electrons. The van der Waals surface area contributed by atoms with Crippen LogP contribution in [0.3, 0.4) is 0 Å². The molecule has 0 fully saturated rings. The van der Waals surface area contributed by atoms with Crippen molar-refractivity contribution < 1.29 is 0 Å². The van der Waals surface area contributed by atoms with Crippen LogP contribution in [0, 0.1) is 0 Å². The first kappa shape index (κ1) is 37.8. The lowest BCUT2D eigenvalue weighted by Gasteiger charge is -2.26. The first-order valence-electron chi connectivity index (χ1n) is 22.8. The molecule has 0 saturated carbocycles. The van der Waals surface area contributed by atoms with Crippen molar-refractivity contribution in [2.24, 2.45) is 0 Å². The molecule has 1 heterocycles. The average Bonchev–Trinajstić information content (AvgIpc) is 3.74. The number of hydrogen-bond acceptors (Lipinski definition) is 1. The van der Waals surface area contributed by atoms with E-state index >= 15 is 0 Å². The number of rotatable bonds is 7. The van der Waals surface area contributed by atoms with Crippen molar-refractivity contribution in [1.82, 2.24) is 4.57 Å². The maximum Gasteiger partial charge on any atom is 0.0619 e. The second-order valence-electron chi connectivity index (χ2n) is 17.3. The number of fused-ring (bicyclic) bond motifs is 9. The Bertz CT molecular complexity index is 3970. The summed E-state index contributed by atoms with van der Waals surface area (Å²) < 4.78 is 2.45. The zero-order chi connectivity index (χ0) is 43.6. The molecule has 0 aliphatic carbocycles. The smallest absolute Gasteiger partial charge is 0.0619 e. The topological polar surface area (TPSA) is 8.17 Å². The van der Waals surface area contributed by atoms with Gasteiger partial charge in [0, 0.05) is 38.9 Å². The van der Waals surface area contributed by atoms with Gasteiger partial charge in [0.25, 0.3) is 0 Å². The number of anilines is 3. The van der Waals surface area contributed by atoms with Crippen LogP contribution < -0.4 is 4.90 Å². The maximum atomic E-state index is 2.45. The highest BCUT2D eigenvalue weighted by atomic mass is 15.1. The molecule has 0 aliphatic rings. The molecule has 0 saturated heterocycles. The van der Waals surface area contributed by atoms with Crippen molar-refractivity contribution in [2.75, 3.05) is 4.90 Å². The third-order valence-corrected chi connectivity index (χ3v) is 13.5. The Morgan fingerprint density at radius 2 is 0.833 bits per heavy atom. The van der Waals surface area contributed by atoms with Crippen LogP contribution in [0.4, 0.5) is 17.1 Å². The van der Waals surface area contributed by atoms with Gasteiger partial charge in [0.15, 0.2) is 0 Å². The van der Waals surface area contributed by atoms with Crippen molar-refractivity contribution in [3.05, 3.63) is 255 Å². The van der Waals surface area contributed by atoms with E-state index in [4.69, 9.17) is 0 Å². The van der Waals surface area contributed by atoms with Crippen LogP contribution in [-0.2, 0) is 0 Å². The van der Waals surface area contributed by atoms with Crippen LogP contribution in [0.15, 0.2) is 255 Å². The standard InChI is InChI=1S/C64H42N2/c1-2-20-49(21-3-1)66-62-30-14-29-56(63(62)60-40-35-44-16-5-9-25-57(44)64(60)66)47-19-12-22-52(41-47)65(50-36-31-45(32-37-50)54-28-13-18-43-15-4-7-23-53(43)54)51-38-33-46(34-39-51)61-42-48-17-6-8-24-55(48)58-26-10-11-27-59(58)61/h1-42H. The number of para-hydroxylation sites is 1. The SMILES string of the molecule is c1ccc(-n2c3cccc(-c4cccc(N(c5ccc(-c6cccc7ccccc67)cc5)c5ccc(-c6cc7ccccc7c7ccccc67)cc5)c4)c3c3ccc4ccccc4c32)cc1. The van der Waals surface area contributed by atoms with Gasteiger partial charge in [-0.3, -0.25) is 0 Å². The quantitative estimate of drug-likeness (QED) is 0.145. The molecule has 13 rings (SSSR count). The molecular weight excluding hydrogens is 797 g/mol. The third kappa shape index (κ3) is 6.18. The van der Waals surface area contributed by atoms with Crippen LogP contribution in [0.25, 0.3) is 104 Å². The van der Waals surface area contributed by atoms with Crippen molar-refractivity contribution in [3.8, 4) is 39.1 Å². The molecule has 0 aliphatic heterocycles. The summed E-state index contributed by atoms with van der Waals surface area (Å²) in [7, 11) is 0. The number of nitrogens with zero attached hydrogens (tertiary/aromatic N) is 2. The fraction of sp³-hybridized carbons (Fsp3) is 0. The molecule has 1 aromatic heterocycles. The molecule has 2 nitrogen and oxygen atoms in total. The Balaban J connectivity index is 0.982. The van der Waals surface area contributed by atoms with E-state index in [0.29, 0.717) is 0 Å². The van der Waals surface area contributed by atoms with Crippen LogP contribution in [0.1, 0.15) is 0 Å². The normalized spacial score (nSPS) is 11.6. The van der Waals surface area contributed by atoms with Gasteiger partial charge in [-0.05, 0) is 132 Å². The van der Waals surface area contributed by atoms with Gasteiger partial charge in [-0.2, -0.15) is 0 Å². The lowest BCUT2D eigenvalue weighted by molar-refractivity contribution is 1.19. The fourth-order valence-electron chi connectivity index (χ4n) is 10.5. The van der Waals surface area contributed by atoms with Crippen molar-refractivity contribution in [2.45, 2.75) is 0 Å². The largest absolute Gasteiger partial charge is 0.310 e. The summed E-state index contributed by atoms with van der Waals surface area (Å²) in [5.74, 6) is 0. The molecule has 2 heteroatoms. The number of hydrogen-bond donors (Lipinski definition) is 0. The van der Waals surface area contributed by atoms with Crippen LogP contribution in [0.5, 0.6) is 0 Å². The minimum atomic E-state index is 1.09. The molecule has 12 aromatic carbocycles. The summed E-state index contributed by atoms with van der Waals surface area (Å²) in [6.07, 6.45) is 0. The first-order chi connectivity index (χ1) is 32.7. The van der Waals surface area contributed by atoms with Gasteiger partial charge >= 0.3 is 0 Å². The van der Waals surface area contributed by atoms with Gasteiger partial charge in [0.2, 0.25) is 0 Å². The molecule has 0 unspecified atom stereocenters. The van der Waals surface area contributed by atoms with E-state index in [0.717, 1.165) is 28.3 Å². The van der Waals surface area contributed by atoms with E-state index in [1.165, 1.54) is 92.7 Å². The highest BCUT2D eigenvalue weighted by Gasteiger charge is 2.20. The predicted molar refractivity (Wildman–Crippen MR) is 282 cm³/mol. The Morgan fingerprint density at radius 1 is 0.273 bits per heavy atom. The summed E-state index contributed by atoms with van der Waals surface area (Å²) >= 11 is 0. The molecule has 66 heavy (non-hydrogen) atoms. The molecule has 0 radical (unpaired) electrons. The van der Waals surface area contributed by atoms with Gasteiger partial charge in [-0.25, -0.2) is 0 Å². The highest BCUT2D eigenvalue weighted by molar-refractivity contribution is 6.22. The van der Waals surface area contributed by atoms with Gasteiger partial charge < -0.3 is 9.47 Å². The predicted octanol–water partition coefficient (Wildman–Crippen LogP) is 17.9. The Morgan fingerprint density at radius 3 is 1.59 bits per heavy atom. The number of benzene rings is 12. The molecule has 13 aromatic rings. The monoisotopic (exact) mass is 838 g/mol. The van der Waals surface area contributed by atoms with E-state index in [1.54, 1.807) is 0 Å². The van der Waals surface area contributed by atoms with Crippen molar-refractivity contribution >= 4 is 82.0 Å². The summed E-state index contributed by atoms with van der Waals surface area (Å²) in [5, 5.41) is 12.5. The third-order valence-electron chi connectivity index (χ3n) is 13.5. The molecule has 0 N–H and O–H groups in total. The summed E-state index contributed by atoms with van der Waals surface area (Å²) in [6, 6.07) is 93.3. The zero-order valence-electron chi connectivity index (χ0n) is 36.1.